The van der Waals surface area contributed by atoms with Gasteiger partial charge in [-0.05, 0) is 6.07 Å². The molecule has 0 atom stereocenters. The number of rotatable bonds is 3. The first-order valence-electron chi connectivity index (χ1n) is 5.30. The fourth-order valence-corrected chi connectivity index (χ4v) is 2.64. The Morgan fingerprint density at radius 3 is 2.95 bits per heavy atom. The summed E-state index contributed by atoms with van der Waals surface area (Å²) in [7, 11) is 0. The fourth-order valence-electron chi connectivity index (χ4n) is 1.23. The molecule has 2 aromatic rings. The van der Waals surface area contributed by atoms with Crippen LogP contribution in [0.3, 0.4) is 0 Å². The lowest BCUT2D eigenvalue weighted by molar-refractivity contribution is -0.380. The van der Waals surface area contributed by atoms with Crippen LogP contribution in [0, 0.1) is 22.0 Å². The van der Waals surface area contributed by atoms with Gasteiger partial charge in [0.25, 0.3) is 5.91 Å². The number of nitrogens with two attached hydrogens (primary N) is 1. The number of nitrogens with one attached hydrogen (secondary N) is 1. The lowest BCUT2D eigenvalue weighted by Gasteiger charge is -1.96. The van der Waals surface area contributed by atoms with E-state index in [2.05, 4.69) is 22.1 Å². The number of carbonyl (C=O) groups is 1. The van der Waals surface area contributed by atoms with Gasteiger partial charge in [-0.25, -0.2) is 4.98 Å². The maximum atomic E-state index is 11.9. The third kappa shape index (κ3) is 3.39. The van der Waals surface area contributed by atoms with Crippen LogP contribution in [0.4, 0.5) is 10.1 Å². The van der Waals surface area contributed by atoms with Crippen molar-refractivity contribution in [3.8, 4) is 11.8 Å². The average Bonchev–Trinajstić information content (AvgIpc) is 3.05. The summed E-state index contributed by atoms with van der Waals surface area (Å²) in [5.74, 6) is 5.05. The van der Waals surface area contributed by atoms with Crippen molar-refractivity contribution in [3.63, 3.8) is 0 Å². The van der Waals surface area contributed by atoms with E-state index in [4.69, 9.17) is 5.73 Å². The molecule has 2 rings (SSSR count). The lowest BCUT2D eigenvalue weighted by atomic mass is 10.4. The van der Waals surface area contributed by atoms with Gasteiger partial charge in [0.2, 0.25) is 0 Å². The molecular formula is C11H8N4O3S2. The largest absolute Gasteiger partial charge is 0.324 e. The first-order chi connectivity index (χ1) is 9.60. The second kappa shape index (κ2) is 6.25. The predicted octanol–water partition coefficient (Wildman–Crippen LogP) is 1.68. The first-order valence-corrected chi connectivity index (χ1v) is 6.94. The molecule has 0 unspecified atom stereocenters. The van der Waals surface area contributed by atoms with Crippen LogP contribution in [0.15, 0.2) is 18.3 Å². The third-order valence-corrected chi connectivity index (χ3v) is 3.90. The quantitative estimate of drug-likeness (QED) is 0.509. The van der Waals surface area contributed by atoms with E-state index in [9.17, 15) is 14.9 Å². The van der Waals surface area contributed by atoms with E-state index in [-0.39, 0.29) is 16.4 Å². The first kappa shape index (κ1) is 14.1. The molecule has 0 spiro atoms. The standard InChI is InChI=1S/C11H8N4O3S2/c12-5-1-2-7-6-13-11(19-7)14-10(16)8-3-4-9(20-8)15(17)18/h3-4,6H,5,12H2,(H,13,14,16). The van der Waals surface area contributed by atoms with Crippen molar-refractivity contribution in [1.82, 2.24) is 4.98 Å². The minimum atomic E-state index is -0.536. The summed E-state index contributed by atoms with van der Waals surface area (Å²) < 4.78 is 0. The molecule has 0 aromatic carbocycles. The second-order valence-electron chi connectivity index (χ2n) is 3.38. The normalized spacial score (nSPS) is 9.65. The highest BCUT2D eigenvalue weighted by Gasteiger charge is 2.16. The third-order valence-electron chi connectivity index (χ3n) is 2.04. The van der Waals surface area contributed by atoms with Crippen molar-refractivity contribution >= 4 is 38.7 Å². The van der Waals surface area contributed by atoms with Gasteiger partial charge in [0.1, 0.15) is 0 Å². The summed E-state index contributed by atoms with van der Waals surface area (Å²) in [6.07, 6.45) is 1.53. The molecule has 102 valence electrons. The maximum Gasteiger partial charge on any atom is 0.324 e. The van der Waals surface area contributed by atoms with Crippen molar-refractivity contribution in [1.29, 1.82) is 0 Å². The van der Waals surface area contributed by atoms with Crippen LogP contribution in [-0.4, -0.2) is 22.4 Å². The van der Waals surface area contributed by atoms with E-state index in [1.54, 1.807) is 0 Å². The van der Waals surface area contributed by atoms with E-state index < -0.39 is 10.8 Å². The smallest absolute Gasteiger partial charge is 0.320 e. The van der Waals surface area contributed by atoms with Crippen molar-refractivity contribution in [2.45, 2.75) is 0 Å². The van der Waals surface area contributed by atoms with Gasteiger partial charge in [0.05, 0.1) is 27.4 Å². The van der Waals surface area contributed by atoms with Crippen LogP contribution in [-0.2, 0) is 0 Å². The molecule has 0 saturated carbocycles. The van der Waals surface area contributed by atoms with Crippen LogP contribution < -0.4 is 11.1 Å². The highest BCUT2D eigenvalue weighted by molar-refractivity contribution is 7.18. The van der Waals surface area contributed by atoms with E-state index >= 15 is 0 Å². The zero-order valence-corrected chi connectivity index (χ0v) is 11.6. The van der Waals surface area contributed by atoms with Gasteiger partial charge >= 0.3 is 5.00 Å². The van der Waals surface area contributed by atoms with Gasteiger partial charge in [0, 0.05) is 6.07 Å². The number of thiazole rings is 1. The highest BCUT2D eigenvalue weighted by atomic mass is 32.1. The van der Waals surface area contributed by atoms with Crippen molar-refractivity contribution in [2.75, 3.05) is 11.9 Å². The summed E-state index contributed by atoms with van der Waals surface area (Å²) in [6, 6.07) is 2.69. The number of hydrogen-bond acceptors (Lipinski definition) is 7. The zero-order chi connectivity index (χ0) is 14.5. The Morgan fingerprint density at radius 2 is 2.30 bits per heavy atom. The average molecular weight is 308 g/mol. The van der Waals surface area contributed by atoms with Gasteiger partial charge in [-0.1, -0.05) is 34.5 Å². The summed E-state index contributed by atoms with van der Waals surface area (Å²) in [5.41, 5.74) is 5.25. The molecule has 0 saturated heterocycles. The number of carbonyl (C=O) groups excluding carboxylic acids is 1. The Morgan fingerprint density at radius 1 is 1.50 bits per heavy atom. The number of nitrogens with zero attached hydrogens (tertiary/aromatic N) is 2. The number of aromatic nitrogens is 1. The lowest BCUT2D eigenvalue weighted by Crippen LogP contribution is -2.09. The number of hydrogen-bond donors (Lipinski definition) is 2. The van der Waals surface area contributed by atoms with E-state index in [1.165, 1.54) is 29.7 Å². The van der Waals surface area contributed by atoms with Gasteiger partial charge in [-0.3, -0.25) is 20.2 Å². The van der Waals surface area contributed by atoms with Crippen molar-refractivity contribution in [2.24, 2.45) is 5.73 Å². The molecule has 9 heteroatoms. The molecule has 2 heterocycles. The Kier molecular flexibility index (Phi) is 4.41. The Labute approximate surface area is 121 Å². The molecule has 2 aromatic heterocycles. The zero-order valence-electron chi connectivity index (χ0n) is 9.95. The maximum absolute atomic E-state index is 11.9. The SMILES string of the molecule is NCC#Cc1cnc(NC(=O)c2ccc([N+](=O)[O-])s2)s1. The molecule has 0 aliphatic carbocycles. The number of thiophene rings is 1. The monoisotopic (exact) mass is 308 g/mol. The topological polar surface area (TPSA) is 111 Å². The Hall–Kier alpha value is -2.28. The van der Waals surface area contributed by atoms with Crippen LogP contribution in [0.25, 0.3) is 0 Å². The van der Waals surface area contributed by atoms with Gasteiger partial charge in [-0.2, -0.15) is 0 Å². The summed E-state index contributed by atoms with van der Waals surface area (Å²) in [6.45, 7) is 0.248. The Bertz CT molecular complexity index is 711. The van der Waals surface area contributed by atoms with Crippen LogP contribution in [0.1, 0.15) is 14.5 Å². The molecule has 0 fully saturated rings. The molecule has 3 N–H and O–H groups in total. The van der Waals surface area contributed by atoms with E-state index in [0.29, 0.717) is 10.0 Å². The number of nitro groups is 1. The summed E-state index contributed by atoms with van der Waals surface area (Å²) >= 11 is 2.02. The van der Waals surface area contributed by atoms with Crippen LogP contribution in [0.5, 0.6) is 0 Å². The second-order valence-corrected chi connectivity index (χ2v) is 5.48. The van der Waals surface area contributed by atoms with E-state index in [1.807, 2.05) is 0 Å². The number of amides is 1. The van der Waals surface area contributed by atoms with Crippen molar-refractivity contribution < 1.29 is 9.72 Å². The van der Waals surface area contributed by atoms with Crippen LogP contribution in [0.2, 0.25) is 0 Å². The summed E-state index contributed by atoms with van der Waals surface area (Å²) in [5, 5.41) is 13.4. The van der Waals surface area contributed by atoms with Gasteiger partial charge < -0.3 is 5.73 Å². The fraction of sp³-hybridized carbons (Fsp3) is 0.0909. The molecule has 0 aliphatic heterocycles. The molecule has 20 heavy (non-hydrogen) atoms. The number of anilines is 1. The molecule has 0 aliphatic rings. The predicted molar refractivity (Wildman–Crippen MR) is 77.0 cm³/mol. The van der Waals surface area contributed by atoms with Crippen molar-refractivity contribution in [3.05, 3.63) is 38.2 Å². The van der Waals surface area contributed by atoms with Gasteiger partial charge in [0.15, 0.2) is 5.13 Å². The molecular weight excluding hydrogens is 300 g/mol. The van der Waals surface area contributed by atoms with Gasteiger partial charge in [-0.15, -0.1) is 0 Å². The molecule has 0 bridgehead atoms. The molecule has 1 amide bonds. The molecule has 0 radical (unpaired) electrons. The van der Waals surface area contributed by atoms with Crippen LogP contribution >= 0.6 is 22.7 Å². The highest BCUT2D eigenvalue weighted by Crippen LogP contribution is 2.25. The Balaban J connectivity index is 2.07. The summed E-state index contributed by atoms with van der Waals surface area (Å²) in [4.78, 5) is 26.8. The van der Waals surface area contributed by atoms with E-state index in [0.717, 1.165) is 11.3 Å². The minimum absolute atomic E-state index is 0.0798. The molecule has 7 nitrogen and oxygen atoms in total. The minimum Gasteiger partial charge on any atom is -0.320 e.